The van der Waals surface area contributed by atoms with Gasteiger partial charge in [0.05, 0.1) is 32.6 Å². The summed E-state index contributed by atoms with van der Waals surface area (Å²) in [7, 11) is 0. The number of carboxylic acids is 8. The maximum atomic E-state index is 13.8. The summed E-state index contributed by atoms with van der Waals surface area (Å²) in [6.07, 6.45) is 5.13. The number of rotatable bonds is 47. The molecule has 1 heterocycles. The van der Waals surface area contributed by atoms with E-state index < -0.39 is 122 Å². The average molecular weight is 1540 g/mol. The zero-order valence-electron chi connectivity index (χ0n) is 56.0. The topological polar surface area (TPSA) is 493 Å². The number of thiocarbonyl (C=S) groups is 1. The third kappa shape index (κ3) is 39.4. The highest BCUT2D eigenvalue weighted by Gasteiger charge is 2.30. The Labute approximate surface area is 598 Å². The molecule has 35 heteroatoms. The first-order chi connectivity index (χ1) is 47.5. The number of carboxylic acid groups (broad SMARTS) is 8. The fourth-order valence-electron chi connectivity index (χ4n) is 10.9. The van der Waals surface area contributed by atoms with E-state index in [1.807, 2.05) is 29.6 Å². The highest BCUT2D eigenvalue weighted by molar-refractivity contribution is 14.1. The van der Waals surface area contributed by atoms with Gasteiger partial charge in [-0.15, -0.1) is 0 Å². The molecule has 556 valence electrons. The summed E-state index contributed by atoms with van der Waals surface area (Å²) >= 11 is 7.77. The maximum Gasteiger partial charge on any atom is 0.326 e. The molecule has 3 rings (SSSR count). The summed E-state index contributed by atoms with van der Waals surface area (Å²) in [5.74, 6) is -11.5. The molecule has 1 aliphatic rings. The molecule has 5 atom stereocenters. The monoisotopic (exact) mass is 1540 g/mol. The molecule has 0 saturated carbocycles. The van der Waals surface area contributed by atoms with Crippen molar-refractivity contribution in [3.05, 3.63) is 63.2 Å². The summed E-state index contributed by atoms with van der Waals surface area (Å²) in [5, 5.41) is 98.5. The second kappa shape index (κ2) is 48.4. The molecule has 1 aliphatic heterocycles. The lowest BCUT2D eigenvalue weighted by molar-refractivity contribution is -0.142. The van der Waals surface area contributed by atoms with E-state index >= 15 is 0 Å². The number of nitrogens with zero attached hydrogens (tertiary/aromatic N) is 4. The van der Waals surface area contributed by atoms with Crippen LogP contribution in [-0.2, 0) is 70.4 Å². The van der Waals surface area contributed by atoms with E-state index in [0.29, 0.717) is 89.5 Å². The summed E-state index contributed by atoms with van der Waals surface area (Å²) in [5.41, 5.74) is 2.22. The standard InChI is InChI=1S/C65H97IN12O21S/c66-45-21-17-44(18-22-45)37-54(81)68-28-9-4-5-13-49(61(93)94)72-60(92)48(71-53(80)15-6-2-1-3-8-27-67-52(79)16-11-14-50(62(95)96)73-64(99)74-51(63(97)98)25-26-55(82)83)12-7-10-29-69-65(100)70-46-23-19-43(20-24-46)36-47-38-77(41-58(88)89)33-32-75(39-56(84)85)30-31-76(40-57(86)87)34-35-78(47)42-59(90)91/h17-24,47-51H,1-16,25-42H2,(H,67,79)(H,68,81)(H,71,80)(H,72,92)(H,82,83)(H,84,85)(H,86,87)(H,88,89)(H,90,91)(H,93,94)(H,95,96)(H,97,98)(H2,69,70,100)(H2,73,74,99)/t47?,48-,49-,50-,51-/m0/s1. The van der Waals surface area contributed by atoms with Crippen LogP contribution in [0, 0.1) is 3.57 Å². The first kappa shape index (κ1) is 85.8. The number of nitrogens with one attached hydrogen (secondary N) is 8. The smallest absolute Gasteiger partial charge is 0.326 e. The second-order valence-corrected chi connectivity index (χ2v) is 26.0. The van der Waals surface area contributed by atoms with Gasteiger partial charge in [-0.1, -0.05) is 56.4 Å². The molecule has 0 aliphatic carbocycles. The molecule has 1 saturated heterocycles. The molecule has 1 unspecified atom stereocenters. The minimum atomic E-state index is -1.57. The van der Waals surface area contributed by atoms with Crippen LogP contribution in [0.1, 0.15) is 127 Å². The van der Waals surface area contributed by atoms with E-state index in [-0.39, 0.29) is 127 Å². The number of anilines is 1. The van der Waals surface area contributed by atoms with Crippen molar-refractivity contribution in [3.63, 3.8) is 0 Å². The molecule has 16 N–H and O–H groups in total. The van der Waals surface area contributed by atoms with E-state index in [1.165, 1.54) is 0 Å². The highest BCUT2D eigenvalue weighted by atomic mass is 127. The Hall–Kier alpha value is -8.39. The zero-order valence-corrected chi connectivity index (χ0v) is 59.0. The molecular weight excluding hydrogens is 1440 g/mol. The Kier molecular flexibility index (Phi) is 41.5. The fourth-order valence-corrected chi connectivity index (χ4v) is 11.4. The van der Waals surface area contributed by atoms with Gasteiger partial charge in [-0.3, -0.25) is 62.8 Å². The van der Waals surface area contributed by atoms with Gasteiger partial charge in [0.15, 0.2) is 5.11 Å². The van der Waals surface area contributed by atoms with Gasteiger partial charge in [-0.2, -0.15) is 0 Å². The fraction of sp³-hybridized carbons (Fsp3) is 0.600. The number of carbonyl (C=O) groups excluding carboxylic acids is 5. The SMILES string of the molecule is O=C(O)CC[C@H](NC(=O)N[C@@H](CCCC(=O)NCCCCCCCC(=O)N[C@@H](CCCCNC(=S)Nc1ccc(CC2CN(CC(=O)O)CCN(CC(=O)O)CCN(CC(=O)O)CCN2CC(=O)O)cc1)C(=O)N[C@@H](CCCCCNC(=O)Cc1ccc(I)cc1)C(=O)O)C(=O)O)C(=O)O. The van der Waals surface area contributed by atoms with Crippen LogP contribution in [-0.4, -0.2) is 265 Å². The summed E-state index contributed by atoms with van der Waals surface area (Å²) in [6.45, 7) is 0.477. The molecule has 6 amide bonds. The number of hydrogen-bond donors (Lipinski definition) is 16. The molecule has 0 radical (unpaired) electrons. The van der Waals surface area contributed by atoms with Crippen LogP contribution >= 0.6 is 34.8 Å². The molecule has 2 aromatic carbocycles. The van der Waals surface area contributed by atoms with Crippen molar-refractivity contribution in [1.82, 2.24) is 56.8 Å². The normalized spacial score (nSPS) is 15.3. The Morgan fingerprint density at radius 1 is 0.430 bits per heavy atom. The van der Waals surface area contributed by atoms with E-state index in [9.17, 15) is 98.1 Å². The zero-order chi connectivity index (χ0) is 73.9. The van der Waals surface area contributed by atoms with Gasteiger partial charge in [0.25, 0.3) is 0 Å². The Balaban J connectivity index is 1.57. The number of hydrogen-bond acceptors (Lipinski definition) is 18. The quantitative estimate of drug-likeness (QED) is 0.0255. The van der Waals surface area contributed by atoms with Gasteiger partial charge in [0.1, 0.15) is 24.2 Å². The molecule has 0 aromatic heterocycles. The van der Waals surface area contributed by atoms with Gasteiger partial charge in [-0.05, 0) is 141 Å². The van der Waals surface area contributed by atoms with Gasteiger partial charge in [-0.25, -0.2) is 19.2 Å². The van der Waals surface area contributed by atoms with Crippen LogP contribution in [0.2, 0.25) is 0 Å². The summed E-state index contributed by atoms with van der Waals surface area (Å²) in [4.78, 5) is 165. The Morgan fingerprint density at radius 3 is 1.46 bits per heavy atom. The third-order valence-electron chi connectivity index (χ3n) is 16.1. The number of halogens is 1. The molecule has 2 aromatic rings. The van der Waals surface area contributed by atoms with Crippen molar-refractivity contribution in [2.24, 2.45) is 0 Å². The van der Waals surface area contributed by atoms with Crippen LogP contribution in [0.5, 0.6) is 0 Å². The van der Waals surface area contributed by atoms with Gasteiger partial charge >= 0.3 is 53.8 Å². The lowest BCUT2D eigenvalue weighted by Gasteiger charge is -2.37. The van der Waals surface area contributed by atoms with Crippen molar-refractivity contribution in [3.8, 4) is 0 Å². The summed E-state index contributed by atoms with van der Waals surface area (Å²) in [6, 6.07) is 7.63. The van der Waals surface area contributed by atoms with Gasteiger partial charge < -0.3 is 83.4 Å². The number of unbranched alkanes of at least 4 members (excludes halogenated alkanes) is 7. The van der Waals surface area contributed by atoms with Gasteiger partial charge in [0.2, 0.25) is 23.6 Å². The molecular formula is C65H97IN12O21S. The Morgan fingerprint density at radius 2 is 0.880 bits per heavy atom. The number of aliphatic carboxylic acids is 8. The van der Waals surface area contributed by atoms with Crippen LogP contribution in [0.25, 0.3) is 0 Å². The van der Waals surface area contributed by atoms with Crippen molar-refractivity contribution >= 4 is 123 Å². The number of carbonyl (C=O) groups is 13. The predicted molar refractivity (Wildman–Crippen MR) is 375 cm³/mol. The van der Waals surface area contributed by atoms with Crippen molar-refractivity contribution in [2.75, 3.05) is 96.9 Å². The minimum Gasteiger partial charge on any atom is -0.481 e. The molecule has 33 nitrogen and oxygen atoms in total. The third-order valence-corrected chi connectivity index (χ3v) is 17.1. The first-order valence-corrected chi connectivity index (χ1v) is 34.8. The number of benzene rings is 2. The van der Waals surface area contributed by atoms with E-state index in [1.54, 1.807) is 43.9 Å². The van der Waals surface area contributed by atoms with Crippen LogP contribution < -0.4 is 42.5 Å². The lowest BCUT2D eigenvalue weighted by Crippen LogP contribution is -2.53. The van der Waals surface area contributed by atoms with Crippen molar-refractivity contribution in [2.45, 2.75) is 159 Å². The first-order valence-electron chi connectivity index (χ1n) is 33.3. The number of urea groups is 1. The van der Waals surface area contributed by atoms with Crippen molar-refractivity contribution < 1.29 is 103 Å². The maximum absolute atomic E-state index is 13.8. The molecule has 0 spiro atoms. The van der Waals surface area contributed by atoms with Crippen LogP contribution in [0.15, 0.2) is 48.5 Å². The van der Waals surface area contributed by atoms with Crippen LogP contribution in [0.3, 0.4) is 0 Å². The number of amides is 6. The van der Waals surface area contributed by atoms with E-state index in [2.05, 4.69) is 59.8 Å². The average Bonchev–Trinajstić information content (AvgIpc) is 0.858. The van der Waals surface area contributed by atoms with E-state index in [0.717, 1.165) is 14.7 Å². The van der Waals surface area contributed by atoms with E-state index in [4.69, 9.17) is 17.3 Å². The van der Waals surface area contributed by atoms with Crippen LogP contribution in [0.4, 0.5) is 10.5 Å². The molecule has 0 bridgehead atoms. The molecule has 100 heavy (non-hydrogen) atoms. The largest absolute Gasteiger partial charge is 0.481 e. The van der Waals surface area contributed by atoms with Gasteiger partial charge in [0, 0.05) is 100 Å². The molecule has 1 fully saturated rings. The second-order valence-electron chi connectivity index (χ2n) is 24.4. The Bertz CT molecular complexity index is 3010. The summed E-state index contributed by atoms with van der Waals surface area (Å²) < 4.78 is 1.05. The van der Waals surface area contributed by atoms with Crippen molar-refractivity contribution in [1.29, 1.82) is 0 Å². The highest BCUT2D eigenvalue weighted by Crippen LogP contribution is 2.18. The predicted octanol–water partition coefficient (Wildman–Crippen LogP) is 1.89. The minimum absolute atomic E-state index is 0.0616. The lowest BCUT2D eigenvalue weighted by atomic mass is 10.0.